The first-order valence-corrected chi connectivity index (χ1v) is 13.8. The van der Waals surface area contributed by atoms with Crippen LogP contribution in [0.2, 0.25) is 0 Å². The monoisotopic (exact) mass is 543 g/mol. The van der Waals surface area contributed by atoms with Crippen molar-refractivity contribution in [2.45, 2.75) is 57.5 Å². The smallest absolute Gasteiger partial charge is 0.330 e. The molecule has 0 amide bonds. The van der Waals surface area contributed by atoms with E-state index in [4.69, 9.17) is 35.1 Å². The van der Waals surface area contributed by atoms with Gasteiger partial charge in [-0.25, -0.2) is 9.88 Å². The summed E-state index contributed by atoms with van der Waals surface area (Å²) in [4.78, 5) is 38.1. The number of benzene rings is 1. The molecule has 1 aliphatic heterocycles. The summed E-state index contributed by atoms with van der Waals surface area (Å²) in [5, 5.41) is 13.6. The van der Waals surface area contributed by atoms with Gasteiger partial charge in [0.2, 0.25) is 0 Å². The van der Waals surface area contributed by atoms with Crippen molar-refractivity contribution >= 4 is 24.4 Å². The lowest BCUT2D eigenvalue weighted by molar-refractivity contribution is -0.240. The number of aromatic amines is 1. The molecule has 12 nitrogen and oxygen atoms in total. The fraction of sp³-hybridized carbons (Fsp3) is 0.500. The minimum atomic E-state index is -3.41. The van der Waals surface area contributed by atoms with Crippen LogP contribution in [-0.2, 0) is 35.3 Å². The van der Waals surface area contributed by atoms with Gasteiger partial charge in [-0.2, -0.15) is 0 Å². The van der Waals surface area contributed by atoms with Gasteiger partial charge in [0.05, 0.1) is 6.10 Å². The van der Waals surface area contributed by atoms with Crippen molar-refractivity contribution in [1.29, 1.82) is 0 Å². The molecule has 198 valence electrons. The molecule has 0 bridgehead atoms. The summed E-state index contributed by atoms with van der Waals surface area (Å²) >= 11 is 5.69. The van der Waals surface area contributed by atoms with Gasteiger partial charge < -0.3 is 28.4 Å². The van der Waals surface area contributed by atoms with Gasteiger partial charge in [-0.3, -0.25) is 19.1 Å². The second-order valence-electron chi connectivity index (χ2n) is 8.42. The second kappa shape index (κ2) is 11.8. The molecule has 0 radical (unpaired) electrons. The number of para-hydroxylation sites is 1. The first kappa shape index (κ1) is 28.2. The highest BCUT2D eigenvalue weighted by atomic mass is 32.5. The van der Waals surface area contributed by atoms with Gasteiger partial charge in [-0.05, 0) is 44.7 Å². The number of methoxy groups -OCH3 is 1. The van der Waals surface area contributed by atoms with Crippen molar-refractivity contribution in [3.8, 4) is 5.75 Å². The molecule has 2 heterocycles. The summed E-state index contributed by atoms with van der Waals surface area (Å²) in [6.45, 7) is 1.32. The molecule has 3 N–H and O–H groups in total. The molecule has 1 aromatic carbocycles. The summed E-state index contributed by atoms with van der Waals surface area (Å²) in [5.74, 6) is -1.63. The fourth-order valence-electron chi connectivity index (χ4n) is 3.44. The Morgan fingerprint density at radius 2 is 2.00 bits per heavy atom. The Morgan fingerprint density at radius 1 is 1.31 bits per heavy atom. The number of esters is 1. The van der Waals surface area contributed by atoms with E-state index in [9.17, 15) is 19.5 Å². The first-order valence-electron chi connectivity index (χ1n) is 11.2. The molecular weight excluding hydrogens is 513 g/mol. The number of nitrogens with one attached hydrogen (secondary N) is 2. The van der Waals surface area contributed by atoms with E-state index in [0.29, 0.717) is 5.75 Å². The molecule has 36 heavy (non-hydrogen) atoms. The molecule has 1 unspecified atom stereocenters. The zero-order chi connectivity index (χ0) is 26.5. The van der Waals surface area contributed by atoms with Gasteiger partial charge in [-0.15, -0.1) is 0 Å². The number of rotatable bonds is 11. The summed E-state index contributed by atoms with van der Waals surface area (Å²) in [5.41, 5.74) is -1.34. The zero-order valence-electron chi connectivity index (χ0n) is 20.3. The van der Waals surface area contributed by atoms with Gasteiger partial charge in [0.15, 0.2) is 12.0 Å². The van der Waals surface area contributed by atoms with E-state index in [2.05, 4.69) is 10.1 Å². The Labute approximate surface area is 212 Å². The summed E-state index contributed by atoms with van der Waals surface area (Å²) in [7, 11) is 1.35. The maximum atomic E-state index is 12.4. The van der Waals surface area contributed by atoms with Crippen molar-refractivity contribution in [2.75, 3.05) is 13.7 Å². The highest BCUT2D eigenvalue weighted by molar-refractivity contribution is 8.09. The number of nitrogens with zero attached hydrogens (tertiary/aromatic N) is 1. The minimum absolute atomic E-state index is 0.0780. The lowest BCUT2D eigenvalue weighted by atomic mass is 10.1. The first-order chi connectivity index (χ1) is 17.0. The van der Waals surface area contributed by atoms with Gasteiger partial charge in [-0.1, -0.05) is 18.2 Å². The number of aliphatic hydroxyl groups excluding tert-OH is 1. The molecular formula is C22H30N3O9PS. The van der Waals surface area contributed by atoms with Crippen molar-refractivity contribution in [3.05, 3.63) is 63.4 Å². The van der Waals surface area contributed by atoms with Crippen LogP contribution in [0.4, 0.5) is 0 Å². The predicted octanol–water partition coefficient (Wildman–Crippen LogP) is 1.41. The molecule has 1 saturated heterocycles. The third-order valence-electron chi connectivity index (χ3n) is 5.16. The van der Waals surface area contributed by atoms with Crippen LogP contribution in [0.25, 0.3) is 0 Å². The van der Waals surface area contributed by atoms with E-state index >= 15 is 0 Å². The van der Waals surface area contributed by atoms with Crippen molar-refractivity contribution in [3.63, 3.8) is 0 Å². The molecule has 0 saturated carbocycles. The van der Waals surface area contributed by atoms with E-state index in [1.807, 2.05) is 0 Å². The van der Waals surface area contributed by atoms with E-state index < -0.39 is 48.0 Å². The molecule has 2 aromatic rings. The van der Waals surface area contributed by atoms with Crippen molar-refractivity contribution < 1.29 is 33.2 Å². The van der Waals surface area contributed by atoms with Crippen LogP contribution in [0, 0.1) is 0 Å². The standard InChI is InChI=1S/C22H30N3O9PS/c1-14(2)32-20(28)15(3)24-35(36,34-16-8-6-5-7-9-16)31-13-22(30-4)12-17(26)19(33-22)25-11-10-18(27)23-21(25)29/h5-11,14-15,17,19,26H,12-13H2,1-4H3,(H,24,36)(H,23,27,29)/t15-,17-,19-,22+,35?/m1/s1. The van der Waals surface area contributed by atoms with E-state index in [1.54, 1.807) is 51.1 Å². The van der Waals surface area contributed by atoms with Crippen LogP contribution in [0.15, 0.2) is 52.2 Å². The van der Waals surface area contributed by atoms with Gasteiger partial charge in [0.25, 0.3) is 5.56 Å². The van der Waals surface area contributed by atoms with Crippen LogP contribution in [-0.4, -0.2) is 58.4 Å². The van der Waals surface area contributed by atoms with Gasteiger partial charge in [0.1, 0.15) is 24.5 Å². The third kappa shape index (κ3) is 7.10. The summed E-state index contributed by atoms with van der Waals surface area (Å²) in [6, 6.07) is 8.96. The molecule has 3 rings (SSSR count). The number of aromatic nitrogens is 2. The fourth-order valence-corrected chi connectivity index (χ4v) is 5.85. The van der Waals surface area contributed by atoms with E-state index in [-0.39, 0.29) is 19.1 Å². The number of H-pyrrole nitrogens is 1. The number of ether oxygens (including phenoxy) is 3. The average molecular weight is 544 g/mol. The molecule has 1 fully saturated rings. The van der Waals surface area contributed by atoms with Crippen LogP contribution >= 0.6 is 6.64 Å². The molecule has 1 aromatic heterocycles. The molecule has 0 aliphatic carbocycles. The topological polar surface area (TPSA) is 150 Å². The number of carbonyl (C=O) groups excluding carboxylic acids is 1. The van der Waals surface area contributed by atoms with Crippen LogP contribution < -0.4 is 20.9 Å². The Balaban J connectivity index is 1.81. The number of carbonyl (C=O) groups is 1. The lowest BCUT2D eigenvalue weighted by Crippen LogP contribution is -2.40. The highest BCUT2D eigenvalue weighted by Crippen LogP contribution is 2.48. The Kier molecular flexibility index (Phi) is 9.23. The number of aliphatic hydroxyl groups is 1. The van der Waals surface area contributed by atoms with Crippen LogP contribution in [0.3, 0.4) is 0 Å². The van der Waals surface area contributed by atoms with Gasteiger partial charge >= 0.3 is 18.3 Å². The summed E-state index contributed by atoms with van der Waals surface area (Å²) in [6.07, 6.45) is -1.51. The minimum Gasteiger partial charge on any atom is -0.462 e. The third-order valence-corrected chi connectivity index (χ3v) is 7.64. The van der Waals surface area contributed by atoms with E-state index in [0.717, 1.165) is 10.6 Å². The SMILES string of the molecule is CO[C@@]1(COP(=S)(N[C@H](C)C(=O)OC(C)C)Oc2ccccc2)C[C@@H](O)[C@H](n2ccc(=O)[nH]c2=O)O1. The number of hydrogen-bond donors (Lipinski definition) is 3. The molecule has 5 atom stereocenters. The number of hydrogen-bond acceptors (Lipinski definition) is 10. The molecule has 14 heteroatoms. The lowest BCUT2D eigenvalue weighted by Gasteiger charge is -2.32. The van der Waals surface area contributed by atoms with Crippen molar-refractivity contribution in [2.24, 2.45) is 0 Å². The van der Waals surface area contributed by atoms with Crippen LogP contribution in [0.1, 0.15) is 33.4 Å². The second-order valence-corrected chi connectivity index (χ2v) is 11.6. The maximum Gasteiger partial charge on any atom is 0.330 e. The normalized spacial score (nSPS) is 24.3. The van der Waals surface area contributed by atoms with E-state index in [1.165, 1.54) is 13.3 Å². The summed E-state index contributed by atoms with van der Waals surface area (Å²) < 4.78 is 29.7. The average Bonchev–Trinajstić information content (AvgIpc) is 3.14. The Morgan fingerprint density at radius 3 is 2.61 bits per heavy atom. The van der Waals surface area contributed by atoms with Gasteiger partial charge in [0, 0.05) is 25.8 Å². The largest absolute Gasteiger partial charge is 0.462 e. The van der Waals surface area contributed by atoms with Crippen molar-refractivity contribution in [1.82, 2.24) is 14.6 Å². The maximum absolute atomic E-state index is 12.4. The molecule has 0 spiro atoms. The molecule has 1 aliphatic rings. The highest BCUT2D eigenvalue weighted by Gasteiger charge is 2.49. The Bertz CT molecular complexity index is 1200. The predicted molar refractivity (Wildman–Crippen MR) is 133 cm³/mol. The zero-order valence-corrected chi connectivity index (χ0v) is 22.0. The quantitative estimate of drug-likeness (QED) is 0.279. The Hall–Kier alpha value is -2.38. The van der Waals surface area contributed by atoms with Crippen LogP contribution in [0.5, 0.6) is 5.75 Å².